The van der Waals surface area contributed by atoms with Crippen LogP contribution in [0.15, 0.2) is 47.4 Å². The second kappa shape index (κ2) is 12.5. The van der Waals surface area contributed by atoms with Gasteiger partial charge in [0.2, 0.25) is 0 Å². The van der Waals surface area contributed by atoms with Crippen LogP contribution in [0.3, 0.4) is 0 Å². The van der Waals surface area contributed by atoms with Crippen molar-refractivity contribution in [2.45, 2.75) is 33.2 Å². The number of carbonyl (C=O) groups excluding carboxylic acids is 2. The molecule has 0 spiro atoms. The van der Waals surface area contributed by atoms with E-state index < -0.39 is 0 Å². The van der Waals surface area contributed by atoms with Crippen LogP contribution in [0.4, 0.5) is 22.0 Å². The average molecular weight is 589 g/mol. The summed E-state index contributed by atoms with van der Waals surface area (Å²) in [5.74, 6) is 0.330. The number of aromatic nitrogens is 3. The van der Waals surface area contributed by atoms with Crippen LogP contribution in [0.2, 0.25) is 0 Å². The minimum absolute atomic E-state index is 0.0750. The third-order valence-electron chi connectivity index (χ3n) is 8.00. The number of morpholine rings is 1. The highest BCUT2D eigenvalue weighted by atomic mass is 16.5. The molecule has 2 N–H and O–H groups in total. The zero-order valence-corrected chi connectivity index (χ0v) is 25.5. The molecule has 12 heteroatoms. The van der Waals surface area contributed by atoms with Gasteiger partial charge in [0.1, 0.15) is 11.5 Å². The molecule has 0 saturated carbocycles. The Kier molecular flexibility index (Phi) is 8.79. The Labute approximate surface area is 251 Å². The number of aryl methyl sites for hydroxylation is 1. The summed E-state index contributed by atoms with van der Waals surface area (Å²) in [7, 11) is 1.59. The van der Waals surface area contributed by atoms with Gasteiger partial charge in [-0.05, 0) is 57.5 Å². The molecule has 0 radical (unpaired) electrons. The largest absolute Gasteiger partial charge is 0.378 e. The van der Waals surface area contributed by atoms with Gasteiger partial charge in [-0.3, -0.25) is 14.5 Å². The Hall–Kier alpha value is -4.29. The Morgan fingerprint density at radius 1 is 0.930 bits per heavy atom. The molecule has 0 bridgehead atoms. The number of carbonyl (C=O) groups is 2. The van der Waals surface area contributed by atoms with Crippen LogP contribution in [-0.2, 0) is 11.8 Å². The zero-order valence-electron chi connectivity index (χ0n) is 25.5. The SMILES string of the molecule is Cc1c(NC(=O)N2CCN(C(C)(C)C)CC2)cccc1-c1cc(Nc2ccc(C(=O)N3CCOCC3)cn2)c(=O)n(C)n1. The van der Waals surface area contributed by atoms with Gasteiger partial charge >= 0.3 is 6.03 Å². The molecule has 0 atom stereocenters. The first kappa shape index (κ1) is 30.2. The van der Waals surface area contributed by atoms with E-state index in [-0.39, 0.29) is 28.7 Å². The van der Waals surface area contributed by atoms with Crippen LogP contribution in [0.5, 0.6) is 0 Å². The number of ether oxygens (including phenoxy) is 1. The molecule has 0 aliphatic carbocycles. The van der Waals surface area contributed by atoms with Crippen molar-refractivity contribution in [3.8, 4) is 11.3 Å². The Morgan fingerprint density at radius 3 is 2.30 bits per heavy atom. The van der Waals surface area contributed by atoms with Crippen LogP contribution >= 0.6 is 0 Å². The third-order valence-corrected chi connectivity index (χ3v) is 8.00. The number of piperazine rings is 1. The van der Waals surface area contributed by atoms with E-state index in [0.29, 0.717) is 62.2 Å². The van der Waals surface area contributed by atoms with Crippen molar-refractivity contribution in [3.05, 3.63) is 64.1 Å². The summed E-state index contributed by atoms with van der Waals surface area (Å²) in [6.07, 6.45) is 1.51. The number of benzene rings is 1. The maximum Gasteiger partial charge on any atom is 0.321 e. The van der Waals surface area contributed by atoms with Crippen LogP contribution in [-0.4, -0.2) is 99.4 Å². The van der Waals surface area contributed by atoms with Crippen LogP contribution < -0.4 is 16.2 Å². The lowest BCUT2D eigenvalue weighted by Gasteiger charge is -2.42. The van der Waals surface area contributed by atoms with Gasteiger partial charge in [-0.2, -0.15) is 5.10 Å². The molecular weight excluding hydrogens is 548 g/mol. The Balaban J connectivity index is 1.31. The van der Waals surface area contributed by atoms with Gasteiger partial charge in [0.15, 0.2) is 0 Å². The molecule has 2 aromatic heterocycles. The number of nitrogens with one attached hydrogen (secondary N) is 2. The van der Waals surface area contributed by atoms with Crippen LogP contribution in [0, 0.1) is 6.92 Å². The lowest BCUT2D eigenvalue weighted by atomic mass is 10.0. The highest BCUT2D eigenvalue weighted by Gasteiger charge is 2.28. The van der Waals surface area contributed by atoms with Crippen molar-refractivity contribution in [1.29, 1.82) is 0 Å². The molecule has 2 fully saturated rings. The van der Waals surface area contributed by atoms with E-state index in [9.17, 15) is 14.4 Å². The predicted octanol–water partition coefficient (Wildman–Crippen LogP) is 3.31. The minimum Gasteiger partial charge on any atom is -0.378 e. The summed E-state index contributed by atoms with van der Waals surface area (Å²) in [5.41, 5.74) is 3.39. The maximum atomic E-state index is 13.1. The number of urea groups is 1. The molecule has 3 amide bonds. The van der Waals surface area contributed by atoms with E-state index in [0.717, 1.165) is 24.2 Å². The van der Waals surface area contributed by atoms with E-state index >= 15 is 0 Å². The summed E-state index contributed by atoms with van der Waals surface area (Å²) in [6, 6.07) is 10.6. The fourth-order valence-electron chi connectivity index (χ4n) is 5.33. The lowest BCUT2D eigenvalue weighted by Crippen LogP contribution is -2.55. The molecule has 43 heavy (non-hydrogen) atoms. The van der Waals surface area contributed by atoms with Gasteiger partial charge in [0.05, 0.1) is 24.5 Å². The highest BCUT2D eigenvalue weighted by molar-refractivity contribution is 5.94. The van der Waals surface area contributed by atoms with Crippen molar-refractivity contribution in [3.63, 3.8) is 0 Å². The second-order valence-corrected chi connectivity index (χ2v) is 11.9. The molecule has 0 unspecified atom stereocenters. The number of nitrogens with zero attached hydrogens (tertiary/aromatic N) is 6. The average Bonchev–Trinajstić information content (AvgIpc) is 3.00. The smallest absolute Gasteiger partial charge is 0.321 e. The molecule has 4 heterocycles. The van der Waals surface area contributed by atoms with Crippen LogP contribution in [0.25, 0.3) is 11.3 Å². The fraction of sp³-hybridized carbons (Fsp3) is 0.452. The Bertz CT molecular complexity index is 1530. The Morgan fingerprint density at radius 2 is 1.65 bits per heavy atom. The summed E-state index contributed by atoms with van der Waals surface area (Å²) in [4.78, 5) is 49.2. The number of pyridine rings is 1. The number of anilines is 3. The van der Waals surface area contributed by atoms with Gasteiger partial charge in [-0.15, -0.1) is 0 Å². The van der Waals surface area contributed by atoms with Gasteiger partial charge < -0.3 is 25.2 Å². The van der Waals surface area contributed by atoms with E-state index in [4.69, 9.17) is 4.74 Å². The van der Waals surface area contributed by atoms with Gasteiger partial charge in [-0.1, -0.05) is 12.1 Å². The molecule has 1 aromatic carbocycles. The monoisotopic (exact) mass is 588 g/mol. The minimum atomic E-state index is -0.324. The van der Waals surface area contributed by atoms with Gasteiger partial charge in [-0.25, -0.2) is 14.5 Å². The van der Waals surface area contributed by atoms with Crippen molar-refractivity contribution in [2.75, 3.05) is 63.1 Å². The fourth-order valence-corrected chi connectivity index (χ4v) is 5.33. The first-order chi connectivity index (χ1) is 20.5. The number of amides is 3. The highest BCUT2D eigenvalue weighted by Crippen LogP contribution is 2.29. The second-order valence-electron chi connectivity index (χ2n) is 11.9. The van der Waals surface area contributed by atoms with E-state index in [1.807, 2.05) is 30.0 Å². The quantitative estimate of drug-likeness (QED) is 0.465. The lowest BCUT2D eigenvalue weighted by molar-refractivity contribution is 0.0302. The van der Waals surface area contributed by atoms with Crippen molar-refractivity contribution in [2.24, 2.45) is 7.05 Å². The molecular formula is C31H40N8O4. The van der Waals surface area contributed by atoms with Gasteiger partial charge in [0, 0.05) is 69.3 Å². The first-order valence-corrected chi connectivity index (χ1v) is 14.6. The zero-order chi connectivity index (χ0) is 30.7. The van der Waals surface area contributed by atoms with E-state index in [1.165, 1.54) is 10.9 Å². The van der Waals surface area contributed by atoms with Crippen molar-refractivity contribution in [1.82, 2.24) is 29.5 Å². The number of rotatable bonds is 5. The summed E-state index contributed by atoms with van der Waals surface area (Å²) in [5, 5.41) is 10.6. The molecule has 3 aromatic rings. The normalized spacial score (nSPS) is 16.2. The van der Waals surface area contributed by atoms with E-state index in [2.05, 4.69) is 46.4 Å². The molecule has 2 saturated heterocycles. The van der Waals surface area contributed by atoms with E-state index in [1.54, 1.807) is 30.1 Å². The molecule has 2 aliphatic rings. The van der Waals surface area contributed by atoms with Crippen molar-refractivity contribution < 1.29 is 14.3 Å². The molecule has 228 valence electrons. The van der Waals surface area contributed by atoms with Gasteiger partial charge in [0.25, 0.3) is 11.5 Å². The molecule has 2 aliphatic heterocycles. The predicted molar refractivity (Wildman–Crippen MR) is 166 cm³/mol. The topological polar surface area (TPSA) is 125 Å². The summed E-state index contributed by atoms with van der Waals surface area (Å²) in [6.45, 7) is 13.6. The third kappa shape index (κ3) is 6.86. The molecule has 5 rings (SSSR count). The number of hydrogen-bond donors (Lipinski definition) is 2. The summed E-state index contributed by atoms with van der Waals surface area (Å²) >= 11 is 0. The summed E-state index contributed by atoms with van der Waals surface area (Å²) < 4.78 is 6.60. The first-order valence-electron chi connectivity index (χ1n) is 14.6. The standard InChI is InChI=1S/C31H40N8O4/c1-21-23(7-6-8-24(21)34-30(42)38-11-13-39(14-12-38)31(2,3)4)25-19-26(29(41)36(5)35-25)33-27-10-9-22(20-32-27)28(40)37-15-17-43-18-16-37/h6-10,19-20H,11-18H2,1-5H3,(H,32,33)(H,34,42). The van der Waals surface area contributed by atoms with Crippen molar-refractivity contribution >= 4 is 29.1 Å². The van der Waals surface area contributed by atoms with Crippen LogP contribution in [0.1, 0.15) is 36.7 Å². The number of hydrogen-bond acceptors (Lipinski definition) is 8. The maximum absolute atomic E-state index is 13.1. The molecule has 12 nitrogen and oxygen atoms in total.